The van der Waals surface area contributed by atoms with Gasteiger partial charge in [0.15, 0.2) is 6.04 Å². The average Bonchev–Trinajstić information content (AvgIpc) is 2.66. The number of nitrogens with two attached hydrogens (primary N) is 1. The van der Waals surface area contributed by atoms with E-state index in [1.807, 2.05) is 24.4 Å². The number of aliphatic hydroxyl groups excluding tert-OH is 1. The van der Waals surface area contributed by atoms with E-state index in [0.717, 1.165) is 24.1 Å². The molecule has 30 heavy (non-hydrogen) atoms. The molecule has 0 radical (unpaired) electrons. The zero-order chi connectivity index (χ0) is 22.6. The molecule has 0 aromatic heterocycles. The lowest BCUT2D eigenvalue weighted by atomic mass is 9.93. The van der Waals surface area contributed by atoms with Crippen LogP contribution in [-0.2, 0) is 15.8 Å². The van der Waals surface area contributed by atoms with Crippen LogP contribution in [-0.4, -0.2) is 34.2 Å². The molecule has 1 aromatic carbocycles. The fourth-order valence-electron chi connectivity index (χ4n) is 2.99. The van der Waals surface area contributed by atoms with Crippen molar-refractivity contribution in [1.82, 2.24) is 5.32 Å². The minimum absolute atomic E-state index is 0.119. The van der Waals surface area contributed by atoms with Gasteiger partial charge in [-0.05, 0) is 24.8 Å². The van der Waals surface area contributed by atoms with E-state index in [1.54, 1.807) is 6.08 Å². The van der Waals surface area contributed by atoms with Gasteiger partial charge >= 0.3 is 12.1 Å². The molecule has 1 amide bonds. The van der Waals surface area contributed by atoms with Crippen LogP contribution in [0.3, 0.4) is 0 Å². The molecule has 2 rings (SSSR count). The number of nitrogens with one attached hydrogen (secondary N) is 1. The van der Waals surface area contributed by atoms with E-state index in [4.69, 9.17) is 5.73 Å². The summed E-state index contributed by atoms with van der Waals surface area (Å²) in [5, 5.41) is 21.3. The number of carboxylic acids is 1. The van der Waals surface area contributed by atoms with E-state index in [1.165, 1.54) is 0 Å². The summed E-state index contributed by atoms with van der Waals surface area (Å²) in [6.45, 7) is 2.00. The van der Waals surface area contributed by atoms with E-state index >= 15 is 0 Å². The molecule has 4 atom stereocenters. The van der Waals surface area contributed by atoms with E-state index in [9.17, 15) is 37.4 Å². The zero-order valence-electron chi connectivity index (χ0n) is 16.0. The molecule has 0 heterocycles. The van der Waals surface area contributed by atoms with Gasteiger partial charge in [-0.15, -0.1) is 0 Å². The van der Waals surface area contributed by atoms with Crippen molar-refractivity contribution in [3.8, 4) is 0 Å². The molecule has 5 N–H and O–H groups in total. The van der Waals surface area contributed by atoms with Crippen LogP contribution in [0, 0.1) is 11.7 Å². The van der Waals surface area contributed by atoms with Gasteiger partial charge in [0.25, 0.3) is 5.91 Å². The first-order valence-corrected chi connectivity index (χ1v) is 9.11. The van der Waals surface area contributed by atoms with Crippen LogP contribution in [0.1, 0.15) is 36.9 Å². The summed E-state index contributed by atoms with van der Waals surface area (Å²) < 4.78 is 53.0. The first-order chi connectivity index (χ1) is 13.9. The second-order valence-electron chi connectivity index (χ2n) is 7.15. The Labute approximate surface area is 170 Å². The molecule has 1 aliphatic rings. The predicted molar refractivity (Wildman–Crippen MR) is 99.5 cm³/mol. The van der Waals surface area contributed by atoms with Gasteiger partial charge in [-0.1, -0.05) is 42.9 Å². The SMILES string of the molecule is CC1C=CC(C[C@@H](N)[C@H](O)C(=O)N[C@H](C(=O)O)c2cccc(C(F)(F)F)c2F)=CC1. The van der Waals surface area contributed by atoms with E-state index in [-0.39, 0.29) is 6.42 Å². The van der Waals surface area contributed by atoms with Gasteiger partial charge in [0.1, 0.15) is 11.9 Å². The lowest BCUT2D eigenvalue weighted by molar-refractivity contribution is -0.144. The minimum atomic E-state index is -5.05. The van der Waals surface area contributed by atoms with Crippen molar-refractivity contribution in [3.05, 3.63) is 58.9 Å². The first kappa shape index (κ1) is 23.6. The molecule has 0 saturated carbocycles. The van der Waals surface area contributed by atoms with E-state index in [2.05, 4.69) is 0 Å². The number of aliphatic carboxylic acids is 1. The average molecular weight is 430 g/mol. The summed E-state index contributed by atoms with van der Waals surface area (Å²) in [6, 6.07) is -1.15. The lowest BCUT2D eigenvalue weighted by Crippen LogP contribution is -2.48. The summed E-state index contributed by atoms with van der Waals surface area (Å²) in [6.07, 6.45) is -0.387. The van der Waals surface area contributed by atoms with E-state index in [0.29, 0.717) is 12.0 Å². The van der Waals surface area contributed by atoms with Crippen molar-refractivity contribution < 1.29 is 37.4 Å². The van der Waals surface area contributed by atoms with Gasteiger partial charge in [0.2, 0.25) is 0 Å². The Bertz CT molecular complexity index is 867. The summed E-state index contributed by atoms with van der Waals surface area (Å²) in [7, 11) is 0. The number of halogens is 4. The third-order valence-corrected chi connectivity index (χ3v) is 4.71. The van der Waals surface area contributed by atoms with Gasteiger partial charge in [-0.25, -0.2) is 9.18 Å². The molecule has 0 fully saturated rings. The van der Waals surface area contributed by atoms with Gasteiger partial charge in [-0.3, -0.25) is 4.79 Å². The minimum Gasteiger partial charge on any atom is -0.479 e. The van der Waals surface area contributed by atoms with Crippen LogP contribution >= 0.6 is 0 Å². The van der Waals surface area contributed by atoms with Gasteiger partial charge in [-0.2, -0.15) is 13.2 Å². The number of carboxylic acid groups (broad SMARTS) is 1. The Morgan fingerprint density at radius 3 is 2.53 bits per heavy atom. The third-order valence-electron chi connectivity index (χ3n) is 4.71. The summed E-state index contributed by atoms with van der Waals surface area (Å²) in [5.74, 6) is -4.50. The van der Waals surface area contributed by atoms with Gasteiger partial charge in [0, 0.05) is 11.6 Å². The molecule has 0 bridgehead atoms. The molecular weight excluding hydrogens is 408 g/mol. The highest BCUT2D eigenvalue weighted by atomic mass is 19.4. The maximum atomic E-state index is 14.3. The molecule has 1 aromatic rings. The normalized spacial score (nSPS) is 19.6. The van der Waals surface area contributed by atoms with Crippen LogP contribution in [0.5, 0.6) is 0 Å². The van der Waals surface area contributed by atoms with Crippen molar-refractivity contribution in [2.75, 3.05) is 0 Å². The zero-order valence-corrected chi connectivity index (χ0v) is 16.0. The number of amides is 1. The van der Waals surface area contributed by atoms with Crippen LogP contribution in [0.25, 0.3) is 0 Å². The molecule has 1 aliphatic carbocycles. The molecule has 1 unspecified atom stereocenters. The maximum absolute atomic E-state index is 14.3. The number of rotatable bonds is 7. The Hall–Kier alpha value is -2.72. The van der Waals surface area contributed by atoms with Crippen LogP contribution < -0.4 is 11.1 Å². The first-order valence-electron chi connectivity index (χ1n) is 9.11. The van der Waals surface area contributed by atoms with Crippen molar-refractivity contribution in [3.63, 3.8) is 0 Å². The number of aliphatic hydroxyl groups is 1. The molecular formula is C20H22F4N2O4. The highest BCUT2D eigenvalue weighted by Gasteiger charge is 2.38. The Morgan fingerprint density at radius 2 is 2.00 bits per heavy atom. The fourth-order valence-corrected chi connectivity index (χ4v) is 2.99. The number of carbonyl (C=O) groups excluding carboxylic acids is 1. The number of hydrogen-bond donors (Lipinski definition) is 4. The molecule has 0 spiro atoms. The molecule has 6 nitrogen and oxygen atoms in total. The largest absolute Gasteiger partial charge is 0.479 e. The van der Waals surface area contributed by atoms with Crippen LogP contribution in [0.4, 0.5) is 17.6 Å². The monoisotopic (exact) mass is 430 g/mol. The quantitative estimate of drug-likeness (QED) is 0.497. The molecule has 0 saturated heterocycles. The lowest BCUT2D eigenvalue weighted by Gasteiger charge is -2.23. The highest BCUT2D eigenvalue weighted by Crippen LogP contribution is 2.34. The second kappa shape index (κ2) is 9.40. The third kappa shape index (κ3) is 5.67. The number of hydrogen-bond acceptors (Lipinski definition) is 4. The Balaban J connectivity index is 2.16. The number of carbonyl (C=O) groups is 2. The fraction of sp³-hybridized carbons (Fsp3) is 0.400. The van der Waals surface area contributed by atoms with Crippen LogP contribution in [0.15, 0.2) is 42.0 Å². The maximum Gasteiger partial charge on any atom is 0.419 e. The van der Waals surface area contributed by atoms with Crippen molar-refractivity contribution >= 4 is 11.9 Å². The number of alkyl halides is 3. The van der Waals surface area contributed by atoms with Crippen molar-refractivity contribution in [1.29, 1.82) is 0 Å². The van der Waals surface area contributed by atoms with E-state index < -0.39 is 53.2 Å². The topological polar surface area (TPSA) is 113 Å². The molecule has 164 valence electrons. The number of allylic oxidation sites excluding steroid dienone is 3. The van der Waals surface area contributed by atoms with Gasteiger partial charge in [0.05, 0.1) is 5.56 Å². The number of benzene rings is 1. The summed E-state index contributed by atoms with van der Waals surface area (Å²) in [5.41, 5.74) is 4.06. The van der Waals surface area contributed by atoms with Crippen molar-refractivity contribution in [2.24, 2.45) is 11.7 Å². The predicted octanol–water partition coefficient (Wildman–Crippen LogP) is 2.69. The second-order valence-corrected chi connectivity index (χ2v) is 7.15. The Morgan fingerprint density at radius 1 is 1.33 bits per heavy atom. The Kier molecular flexibility index (Phi) is 7.38. The standard InChI is InChI=1S/C20H22F4N2O4/c1-10-5-7-11(8-6-10)9-14(25)17(27)18(28)26-16(19(29)30)12-3-2-4-13(15(12)21)20(22,23)24/h2-5,7-8,10,14,16-17,27H,6,9,25H2,1H3,(H,26,28)(H,29,30)/t10?,14-,16+,17+/m1/s1. The molecule has 10 heteroatoms. The smallest absolute Gasteiger partial charge is 0.419 e. The van der Waals surface area contributed by atoms with Crippen LogP contribution in [0.2, 0.25) is 0 Å². The summed E-state index contributed by atoms with van der Waals surface area (Å²) >= 11 is 0. The van der Waals surface area contributed by atoms with Crippen molar-refractivity contribution in [2.45, 2.75) is 44.1 Å². The van der Waals surface area contributed by atoms with Gasteiger partial charge < -0.3 is 21.3 Å². The highest BCUT2D eigenvalue weighted by molar-refractivity contribution is 5.87. The molecule has 0 aliphatic heterocycles. The summed E-state index contributed by atoms with van der Waals surface area (Å²) in [4.78, 5) is 23.8.